The number of rotatable bonds is 4. The fourth-order valence-electron chi connectivity index (χ4n) is 1.41. The fraction of sp³-hybridized carbons (Fsp3) is 0.600. The van der Waals surface area contributed by atoms with E-state index in [0.717, 1.165) is 5.56 Å². The van der Waals surface area contributed by atoms with Crippen LogP contribution < -0.4 is 5.32 Å². The summed E-state index contributed by atoms with van der Waals surface area (Å²) in [4.78, 5) is 0.640. The third-order valence-electron chi connectivity index (χ3n) is 2.11. The van der Waals surface area contributed by atoms with Gasteiger partial charge < -0.3 is 5.32 Å². The normalized spacial score (nSPS) is 14.1. The van der Waals surface area contributed by atoms with Crippen LogP contribution in [0.2, 0.25) is 4.34 Å². The van der Waals surface area contributed by atoms with Crippen molar-refractivity contribution in [2.75, 3.05) is 6.54 Å². The molecule has 0 aliphatic rings. The lowest BCUT2D eigenvalue weighted by Gasteiger charge is -2.18. The van der Waals surface area contributed by atoms with Crippen molar-refractivity contribution in [2.45, 2.75) is 32.5 Å². The molecule has 0 saturated heterocycles. The Morgan fingerprint density at radius 1 is 1.50 bits per heavy atom. The van der Waals surface area contributed by atoms with E-state index in [2.05, 4.69) is 5.32 Å². The third kappa shape index (κ3) is 3.96. The second-order valence-corrected chi connectivity index (χ2v) is 5.22. The van der Waals surface area contributed by atoms with Crippen LogP contribution in [0.1, 0.15) is 29.8 Å². The lowest BCUT2D eigenvalue weighted by atomic mass is 10.1. The molecule has 1 aromatic rings. The topological polar surface area (TPSA) is 12.0 Å². The van der Waals surface area contributed by atoms with Crippen molar-refractivity contribution in [1.82, 2.24) is 5.32 Å². The summed E-state index contributed by atoms with van der Waals surface area (Å²) in [5.74, 6) is 0. The molecule has 0 saturated carbocycles. The zero-order valence-electron chi connectivity index (χ0n) is 8.99. The van der Waals surface area contributed by atoms with Crippen molar-refractivity contribution in [1.29, 1.82) is 0 Å². The van der Waals surface area contributed by atoms with E-state index in [4.69, 9.17) is 11.6 Å². The maximum Gasteiger partial charge on any atom is 0.390 e. The first kappa shape index (κ1) is 13.8. The maximum atomic E-state index is 12.4. The quantitative estimate of drug-likeness (QED) is 0.860. The van der Waals surface area contributed by atoms with Crippen molar-refractivity contribution < 1.29 is 13.2 Å². The SMILES string of the molecule is CCNC(CC(F)(F)F)c1cc(C)c(Cl)s1. The summed E-state index contributed by atoms with van der Waals surface area (Å²) in [5.41, 5.74) is 0.826. The molecule has 0 aliphatic heterocycles. The second-order valence-electron chi connectivity index (χ2n) is 3.54. The molecule has 0 amide bonds. The molecular formula is C10H13ClF3NS. The monoisotopic (exact) mass is 271 g/mol. The van der Waals surface area contributed by atoms with Crippen LogP contribution in [0.25, 0.3) is 0 Å². The molecule has 1 N–H and O–H groups in total. The van der Waals surface area contributed by atoms with Crippen LogP contribution in [-0.4, -0.2) is 12.7 Å². The fourth-order valence-corrected chi connectivity index (χ4v) is 2.70. The number of hydrogen-bond acceptors (Lipinski definition) is 2. The maximum absolute atomic E-state index is 12.4. The summed E-state index contributed by atoms with van der Waals surface area (Å²) < 4.78 is 37.6. The Bertz CT molecular complexity index is 329. The molecule has 0 bridgehead atoms. The van der Waals surface area contributed by atoms with Crippen molar-refractivity contribution in [3.8, 4) is 0 Å². The molecule has 0 aliphatic carbocycles. The van der Waals surface area contributed by atoms with Crippen LogP contribution in [0.5, 0.6) is 0 Å². The van der Waals surface area contributed by atoms with Gasteiger partial charge in [-0.1, -0.05) is 18.5 Å². The molecule has 0 spiro atoms. The van der Waals surface area contributed by atoms with E-state index >= 15 is 0 Å². The average Bonchev–Trinajstić information content (AvgIpc) is 2.44. The Hall–Kier alpha value is -0.260. The highest BCUT2D eigenvalue weighted by Gasteiger charge is 2.33. The Morgan fingerprint density at radius 3 is 2.50 bits per heavy atom. The van der Waals surface area contributed by atoms with Crippen LogP contribution in [0.3, 0.4) is 0 Å². The average molecular weight is 272 g/mol. The van der Waals surface area contributed by atoms with Gasteiger partial charge in [0.15, 0.2) is 0 Å². The highest BCUT2D eigenvalue weighted by Crippen LogP contribution is 2.36. The van der Waals surface area contributed by atoms with Gasteiger partial charge in [0.25, 0.3) is 0 Å². The van der Waals surface area contributed by atoms with Crippen LogP contribution in [0, 0.1) is 6.92 Å². The van der Waals surface area contributed by atoms with Gasteiger partial charge >= 0.3 is 6.18 Å². The van der Waals surface area contributed by atoms with E-state index in [0.29, 0.717) is 15.8 Å². The summed E-state index contributed by atoms with van der Waals surface area (Å²) in [6.45, 7) is 4.07. The number of halogens is 4. The Kier molecular flexibility index (Phi) is 4.64. The van der Waals surface area contributed by atoms with Crippen LogP contribution in [0.4, 0.5) is 13.2 Å². The number of alkyl halides is 3. The van der Waals surface area contributed by atoms with Crippen molar-refractivity contribution >= 4 is 22.9 Å². The molecule has 0 aromatic carbocycles. The van der Waals surface area contributed by atoms with E-state index in [1.54, 1.807) is 19.9 Å². The van der Waals surface area contributed by atoms with Gasteiger partial charge in [-0.2, -0.15) is 13.2 Å². The van der Waals surface area contributed by atoms with Crippen molar-refractivity contribution in [2.24, 2.45) is 0 Å². The highest BCUT2D eigenvalue weighted by atomic mass is 35.5. The molecule has 1 rings (SSSR count). The molecular weight excluding hydrogens is 259 g/mol. The summed E-state index contributed by atoms with van der Waals surface area (Å²) in [7, 11) is 0. The number of nitrogens with one attached hydrogen (secondary N) is 1. The predicted molar refractivity (Wildman–Crippen MR) is 61.2 cm³/mol. The lowest BCUT2D eigenvalue weighted by molar-refractivity contribution is -0.140. The first-order valence-corrected chi connectivity index (χ1v) is 6.09. The largest absolute Gasteiger partial charge is 0.390 e. The molecule has 1 nitrogen and oxygen atoms in total. The number of aryl methyl sites for hydroxylation is 1. The van der Waals surface area contributed by atoms with Gasteiger partial charge in [-0.05, 0) is 25.1 Å². The number of thiophene rings is 1. The van der Waals surface area contributed by atoms with Crippen LogP contribution in [-0.2, 0) is 0 Å². The summed E-state index contributed by atoms with van der Waals surface area (Å²) in [5, 5.41) is 2.83. The Morgan fingerprint density at radius 2 is 2.12 bits per heavy atom. The Balaban J connectivity index is 2.85. The predicted octanol–water partition coefficient (Wildman–Crippen LogP) is 4.31. The van der Waals surface area contributed by atoms with E-state index in [1.807, 2.05) is 0 Å². The molecule has 1 aromatic heterocycles. The van der Waals surface area contributed by atoms with Gasteiger partial charge in [0.05, 0.1) is 16.8 Å². The Labute approximate surface area is 102 Å². The van der Waals surface area contributed by atoms with Crippen molar-refractivity contribution in [3.63, 3.8) is 0 Å². The summed E-state index contributed by atoms with van der Waals surface area (Å²) >= 11 is 7.06. The van der Waals surface area contributed by atoms with E-state index in [-0.39, 0.29) is 0 Å². The molecule has 1 atom stereocenters. The summed E-state index contributed by atoms with van der Waals surface area (Å²) in [6, 6.07) is 1.02. The minimum absolute atomic E-state index is 0.495. The molecule has 0 fully saturated rings. The van der Waals surface area contributed by atoms with Crippen LogP contribution in [0.15, 0.2) is 6.07 Å². The lowest BCUT2D eigenvalue weighted by Crippen LogP contribution is -2.25. The third-order valence-corrected chi connectivity index (χ3v) is 3.77. The van der Waals surface area contributed by atoms with Gasteiger partial charge in [0.2, 0.25) is 0 Å². The molecule has 6 heteroatoms. The van der Waals surface area contributed by atoms with Gasteiger partial charge in [-0.15, -0.1) is 11.3 Å². The van der Waals surface area contributed by atoms with Gasteiger partial charge in [-0.25, -0.2) is 0 Å². The minimum atomic E-state index is -4.17. The molecule has 16 heavy (non-hydrogen) atoms. The molecule has 1 heterocycles. The molecule has 92 valence electrons. The van der Waals surface area contributed by atoms with Gasteiger partial charge in [-0.3, -0.25) is 0 Å². The zero-order chi connectivity index (χ0) is 12.3. The standard InChI is InChI=1S/C10H13ClF3NS/c1-3-15-7(5-10(12,13)14)8-4-6(2)9(11)16-8/h4,7,15H,3,5H2,1-2H3. The first-order valence-electron chi connectivity index (χ1n) is 4.89. The molecule has 1 unspecified atom stereocenters. The van der Waals surface area contributed by atoms with E-state index < -0.39 is 18.6 Å². The van der Waals surface area contributed by atoms with E-state index in [9.17, 15) is 13.2 Å². The zero-order valence-corrected chi connectivity index (χ0v) is 10.6. The highest BCUT2D eigenvalue weighted by molar-refractivity contribution is 7.16. The number of hydrogen-bond donors (Lipinski definition) is 1. The van der Waals surface area contributed by atoms with E-state index in [1.165, 1.54) is 11.3 Å². The second kappa shape index (κ2) is 5.38. The minimum Gasteiger partial charge on any atom is -0.309 e. The van der Waals surface area contributed by atoms with Crippen LogP contribution >= 0.6 is 22.9 Å². The summed E-state index contributed by atoms with van der Waals surface area (Å²) in [6.07, 6.45) is -5.03. The van der Waals surface area contributed by atoms with Gasteiger partial charge in [0, 0.05) is 4.88 Å². The van der Waals surface area contributed by atoms with Gasteiger partial charge in [0.1, 0.15) is 0 Å². The van der Waals surface area contributed by atoms with Crippen molar-refractivity contribution in [3.05, 3.63) is 20.8 Å². The smallest absolute Gasteiger partial charge is 0.309 e. The first-order chi connectivity index (χ1) is 7.33. The molecule has 0 radical (unpaired) electrons.